The van der Waals surface area contributed by atoms with Gasteiger partial charge in [0.05, 0.1) is 19.3 Å². The van der Waals surface area contributed by atoms with E-state index in [1.54, 1.807) is 6.92 Å². The highest BCUT2D eigenvalue weighted by Crippen LogP contribution is 2.10. The normalized spacial score (nSPS) is 12.1. The van der Waals surface area contributed by atoms with E-state index >= 15 is 0 Å². The molecular formula is C12H17NO3. The van der Waals surface area contributed by atoms with Gasteiger partial charge >= 0.3 is 5.97 Å². The molecule has 0 saturated carbocycles. The van der Waals surface area contributed by atoms with Gasteiger partial charge in [-0.25, -0.2) is 0 Å². The summed E-state index contributed by atoms with van der Waals surface area (Å²) in [6.45, 7) is 2.60. The third kappa shape index (κ3) is 4.42. The maximum Gasteiger partial charge on any atom is 0.319 e. The SMILES string of the molecule is CCOC(=O)CNCC(O)c1ccccc1. The van der Waals surface area contributed by atoms with Crippen molar-refractivity contribution in [3.63, 3.8) is 0 Å². The minimum Gasteiger partial charge on any atom is -0.465 e. The fraction of sp³-hybridized carbons (Fsp3) is 0.417. The molecule has 4 heteroatoms. The van der Waals surface area contributed by atoms with Gasteiger partial charge in [0.15, 0.2) is 0 Å². The van der Waals surface area contributed by atoms with Crippen LogP contribution in [0.25, 0.3) is 0 Å². The number of aliphatic hydroxyl groups is 1. The zero-order chi connectivity index (χ0) is 11.8. The molecule has 0 radical (unpaired) electrons. The van der Waals surface area contributed by atoms with E-state index in [0.29, 0.717) is 13.2 Å². The standard InChI is InChI=1S/C12H17NO3/c1-2-16-12(15)9-13-8-11(14)10-6-4-3-5-7-10/h3-7,11,13-14H,2,8-9H2,1H3. The number of aliphatic hydroxyl groups excluding tert-OH is 1. The molecule has 1 aromatic rings. The number of carbonyl (C=O) groups is 1. The minimum atomic E-state index is -0.601. The van der Waals surface area contributed by atoms with Crippen molar-refractivity contribution in [2.75, 3.05) is 19.7 Å². The fourth-order valence-electron chi connectivity index (χ4n) is 1.32. The van der Waals surface area contributed by atoms with Gasteiger partial charge in [0.1, 0.15) is 0 Å². The lowest BCUT2D eigenvalue weighted by Crippen LogP contribution is -2.28. The maximum atomic E-state index is 11.0. The van der Waals surface area contributed by atoms with Crippen LogP contribution in [-0.4, -0.2) is 30.8 Å². The molecule has 0 spiro atoms. The molecule has 0 saturated heterocycles. The molecule has 0 aliphatic rings. The molecule has 0 amide bonds. The first kappa shape index (κ1) is 12.7. The van der Waals surface area contributed by atoms with Crippen molar-refractivity contribution >= 4 is 5.97 Å². The van der Waals surface area contributed by atoms with Crippen LogP contribution in [0.4, 0.5) is 0 Å². The molecule has 0 aromatic heterocycles. The molecule has 88 valence electrons. The van der Waals surface area contributed by atoms with Crippen LogP contribution >= 0.6 is 0 Å². The zero-order valence-electron chi connectivity index (χ0n) is 9.35. The van der Waals surface area contributed by atoms with Crippen LogP contribution in [0.3, 0.4) is 0 Å². The molecule has 0 fully saturated rings. The summed E-state index contributed by atoms with van der Waals surface area (Å²) in [5.74, 6) is -0.303. The Labute approximate surface area is 95.2 Å². The second-order valence-corrected chi connectivity index (χ2v) is 3.36. The quantitative estimate of drug-likeness (QED) is 0.703. The Balaban J connectivity index is 2.26. The van der Waals surface area contributed by atoms with Gasteiger partial charge in [0, 0.05) is 6.54 Å². The van der Waals surface area contributed by atoms with Crippen LogP contribution in [0.2, 0.25) is 0 Å². The number of esters is 1. The molecule has 1 unspecified atom stereocenters. The second kappa shape index (κ2) is 6.98. The number of carbonyl (C=O) groups excluding carboxylic acids is 1. The van der Waals surface area contributed by atoms with Crippen LogP contribution in [0, 0.1) is 0 Å². The molecule has 2 N–H and O–H groups in total. The Morgan fingerprint density at radius 2 is 2.12 bits per heavy atom. The number of benzene rings is 1. The van der Waals surface area contributed by atoms with E-state index in [4.69, 9.17) is 4.74 Å². The first-order chi connectivity index (χ1) is 7.74. The first-order valence-electron chi connectivity index (χ1n) is 5.33. The second-order valence-electron chi connectivity index (χ2n) is 3.36. The molecular weight excluding hydrogens is 206 g/mol. The number of hydrogen-bond acceptors (Lipinski definition) is 4. The number of rotatable bonds is 6. The van der Waals surface area contributed by atoms with Gasteiger partial charge in [-0.15, -0.1) is 0 Å². The van der Waals surface area contributed by atoms with E-state index in [9.17, 15) is 9.90 Å². The molecule has 1 rings (SSSR count). The van der Waals surface area contributed by atoms with Gasteiger partial charge in [-0.3, -0.25) is 4.79 Å². The monoisotopic (exact) mass is 223 g/mol. The third-order valence-corrected chi connectivity index (χ3v) is 2.10. The summed E-state index contributed by atoms with van der Waals surface area (Å²) in [6.07, 6.45) is -0.601. The average molecular weight is 223 g/mol. The van der Waals surface area contributed by atoms with Crippen LogP contribution in [-0.2, 0) is 9.53 Å². The molecule has 0 aliphatic carbocycles. The number of nitrogens with one attached hydrogen (secondary N) is 1. The lowest BCUT2D eigenvalue weighted by Gasteiger charge is -2.11. The van der Waals surface area contributed by atoms with Gasteiger partial charge in [0.25, 0.3) is 0 Å². The molecule has 0 bridgehead atoms. The Morgan fingerprint density at radius 3 is 2.75 bits per heavy atom. The van der Waals surface area contributed by atoms with Gasteiger partial charge in [0.2, 0.25) is 0 Å². The van der Waals surface area contributed by atoms with E-state index in [1.165, 1.54) is 0 Å². The summed E-state index contributed by atoms with van der Waals surface area (Å²) in [5.41, 5.74) is 0.832. The molecule has 1 aromatic carbocycles. The van der Waals surface area contributed by atoms with Crippen LogP contribution in [0.5, 0.6) is 0 Å². The third-order valence-electron chi connectivity index (χ3n) is 2.10. The van der Waals surface area contributed by atoms with Gasteiger partial charge < -0.3 is 15.2 Å². The van der Waals surface area contributed by atoms with E-state index < -0.39 is 6.10 Å². The smallest absolute Gasteiger partial charge is 0.319 e. The van der Waals surface area contributed by atoms with Crippen molar-refractivity contribution in [1.29, 1.82) is 0 Å². The zero-order valence-corrected chi connectivity index (χ0v) is 9.35. The summed E-state index contributed by atoms with van der Waals surface area (Å²) in [6, 6.07) is 9.31. The molecule has 1 atom stereocenters. The van der Waals surface area contributed by atoms with Crippen molar-refractivity contribution in [2.45, 2.75) is 13.0 Å². The van der Waals surface area contributed by atoms with E-state index in [1.807, 2.05) is 30.3 Å². The summed E-state index contributed by atoms with van der Waals surface area (Å²) in [7, 11) is 0. The van der Waals surface area contributed by atoms with Crippen molar-refractivity contribution in [2.24, 2.45) is 0 Å². The van der Waals surface area contributed by atoms with Crippen molar-refractivity contribution in [3.05, 3.63) is 35.9 Å². The largest absolute Gasteiger partial charge is 0.465 e. The highest BCUT2D eigenvalue weighted by molar-refractivity contribution is 5.71. The van der Waals surface area contributed by atoms with E-state index in [2.05, 4.69) is 5.32 Å². The van der Waals surface area contributed by atoms with E-state index in [-0.39, 0.29) is 12.5 Å². The highest BCUT2D eigenvalue weighted by Gasteiger charge is 2.07. The van der Waals surface area contributed by atoms with Gasteiger partial charge in [-0.1, -0.05) is 30.3 Å². The molecule has 0 heterocycles. The summed E-state index contributed by atoms with van der Waals surface area (Å²) in [4.78, 5) is 11.0. The molecule has 16 heavy (non-hydrogen) atoms. The van der Waals surface area contributed by atoms with Gasteiger partial charge in [-0.05, 0) is 12.5 Å². The molecule has 0 aliphatic heterocycles. The van der Waals surface area contributed by atoms with Crippen LogP contribution in [0.15, 0.2) is 30.3 Å². The van der Waals surface area contributed by atoms with Crippen LogP contribution in [0.1, 0.15) is 18.6 Å². The Hall–Kier alpha value is -1.39. The molecule has 4 nitrogen and oxygen atoms in total. The number of ether oxygens (including phenoxy) is 1. The lowest BCUT2D eigenvalue weighted by atomic mass is 10.1. The predicted octanol–water partition coefficient (Wildman–Crippen LogP) is 0.873. The topological polar surface area (TPSA) is 58.6 Å². The minimum absolute atomic E-state index is 0.123. The number of hydrogen-bond donors (Lipinski definition) is 2. The summed E-state index contributed by atoms with van der Waals surface area (Å²) < 4.78 is 4.75. The maximum absolute atomic E-state index is 11.0. The highest BCUT2D eigenvalue weighted by atomic mass is 16.5. The van der Waals surface area contributed by atoms with Gasteiger partial charge in [-0.2, -0.15) is 0 Å². The first-order valence-corrected chi connectivity index (χ1v) is 5.33. The summed E-state index contributed by atoms with van der Waals surface area (Å²) in [5, 5.41) is 12.6. The average Bonchev–Trinajstić information content (AvgIpc) is 2.30. The summed E-state index contributed by atoms with van der Waals surface area (Å²) >= 11 is 0. The van der Waals surface area contributed by atoms with Crippen molar-refractivity contribution in [3.8, 4) is 0 Å². The Morgan fingerprint density at radius 1 is 1.44 bits per heavy atom. The van der Waals surface area contributed by atoms with Crippen molar-refractivity contribution in [1.82, 2.24) is 5.32 Å². The Kier molecular flexibility index (Phi) is 5.53. The lowest BCUT2D eigenvalue weighted by molar-refractivity contribution is -0.142. The Bertz CT molecular complexity index is 313. The van der Waals surface area contributed by atoms with Crippen molar-refractivity contribution < 1.29 is 14.6 Å². The predicted molar refractivity (Wildman–Crippen MR) is 60.9 cm³/mol. The van der Waals surface area contributed by atoms with E-state index in [0.717, 1.165) is 5.56 Å². The van der Waals surface area contributed by atoms with Crippen LogP contribution < -0.4 is 5.32 Å². The fourth-order valence-corrected chi connectivity index (χ4v) is 1.32.